The van der Waals surface area contributed by atoms with E-state index in [0.29, 0.717) is 12.0 Å². The van der Waals surface area contributed by atoms with Crippen LogP contribution in [0.3, 0.4) is 0 Å². The maximum absolute atomic E-state index is 12.6. The first-order chi connectivity index (χ1) is 12.1. The molecule has 138 valence electrons. The van der Waals surface area contributed by atoms with E-state index in [2.05, 4.69) is 0 Å². The van der Waals surface area contributed by atoms with Crippen molar-refractivity contribution in [1.82, 2.24) is 0 Å². The van der Waals surface area contributed by atoms with Crippen molar-refractivity contribution in [2.75, 3.05) is 6.26 Å². The molecule has 0 bridgehead atoms. The van der Waals surface area contributed by atoms with Crippen LogP contribution >= 0.6 is 11.3 Å². The number of hydrogen-bond donors (Lipinski definition) is 0. The van der Waals surface area contributed by atoms with Crippen molar-refractivity contribution < 1.29 is 22.7 Å². The van der Waals surface area contributed by atoms with Crippen molar-refractivity contribution >= 4 is 32.9 Å². The highest BCUT2D eigenvalue weighted by atomic mass is 32.2. The summed E-state index contributed by atoms with van der Waals surface area (Å²) in [4.78, 5) is 25.4. The van der Waals surface area contributed by atoms with Crippen LogP contribution in [0.2, 0.25) is 0 Å². The van der Waals surface area contributed by atoms with Gasteiger partial charge in [0.25, 0.3) is 0 Å². The Morgan fingerprint density at radius 1 is 1.19 bits per heavy atom. The summed E-state index contributed by atoms with van der Waals surface area (Å²) in [5, 5.41) is 0. The third-order valence-electron chi connectivity index (χ3n) is 4.28. The number of thiophene rings is 1. The van der Waals surface area contributed by atoms with Crippen LogP contribution in [0.5, 0.6) is 0 Å². The van der Waals surface area contributed by atoms with E-state index in [-0.39, 0.29) is 38.9 Å². The lowest BCUT2D eigenvalue weighted by Gasteiger charge is -2.29. The van der Waals surface area contributed by atoms with Crippen molar-refractivity contribution in [1.29, 1.82) is 0 Å². The predicted molar refractivity (Wildman–Crippen MR) is 99.4 cm³/mol. The van der Waals surface area contributed by atoms with Gasteiger partial charge in [-0.05, 0) is 23.0 Å². The maximum Gasteiger partial charge on any atom is 0.348 e. The van der Waals surface area contributed by atoms with E-state index in [1.54, 1.807) is 0 Å². The molecule has 0 aliphatic heterocycles. The van der Waals surface area contributed by atoms with Gasteiger partial charge in [0.2, 0.25) is 0 Å². The minimum Gasteiger partial charge on any atom is -0.457 e. The van der Waals surface area contributed by atoms with Gasteiger partial charge < -0.3 is 4.74 Å². The van der Waals surface area contributed by atoms with Gasteiger partial charge >= 0.3 is 5.97 Å². The molecule has 0 unspecified atom stereocenters. The number of carbonyl (C=O) groups excluding carboxylic acids is 2. The molecule has 5 nitrogen and oxygen atoms in total. The molecule has 26 heavy (non-hydrogen) atoms. The van der Waals surface area contributed by atoms with Gasteiger partial charge in [0.05, 0.1) is 5.56 Å². The molecular formula is C19H20O5S2. The average Bonchev–Trinajstić information content (AvgIpc) is 2.92. The molecule has 1 aliphatic carbocycles. The zero-order valence-corrected chi connectivity index (χ0v) is 16.5. The summed E-state index contributed by atoms with van der Waals surface area (Å²) in [6.07, 6.45) is 1.79. The molecule has 1 aromatic heterocycles. The Labute approximate surface area is 156 Å². The first-order valence-corrected chi connectivity index (χ1v) is 10.9. The number of esters is 1. The van der Waals surface area contributed by atoms with E-state index in [1.807, 2.05) is 44.2 Å². The monoisotopic (exact) mass is 392 g/mol. The number of rotatable bonds is 4. The van der Waals surface area contributed by atoms with Crippen LogP contribution in [0.1, 0.15) is 51.4 Å². The van der Waals surface area contributed by atoms with E-state index in [9.17, 15) is 18.0 Å². The summed E-state index contributed by atoms with van der Waals surface area (Å²) in [5.41, 5.74) is 1.21. The van der Waals surface area contributed by atoms with Crippen LogP contribution in [0, 0.1) is 5.41 Å². The SMILES string of the molecule is CC1(C)CC(=O)c2c(S(C)(=O)=O)sc(C(=O)OCc3ccccc3)c2C1. The van der Waals surface area contributed by atoms with E-state index >= 15 is 0 Å². The van der Waals surface area contributed by atoms with Gasteiger partial charge in [-0.25, -0.2) is 13.2 Å². The van der Waals surface area contributed by atoms with Crippen molar-refractivity contribution in [3.05, 3.63) is 51.9 Å². The highest BCUT2D eigenvalue weighted by Gasteiger charge is 2.39. The van der Waals surface area contributed by atoms with Gasteiger partial charge in [-0.15, -0.1) is 11.3 Å². The lowest BCUT2D eigenvalue weighted by Crippen LogP contribution is -2.28. The summed E-state index contributed by atoms with van der Waals surface area (Å²) >= 11 is 0.847. The van der Waals surface area contributed by atoms with E-state index in [0.717, 1.165) is 23.2 Å². The highest BCUT2D eigenvalue weighted by Crippen LogP contribution is 2.43. The Kier molecular flexibility index (Phi) is 4.79. The van der Waals surface area contributed by atoms with Gasteiger partial charge in [0.15, 0.2) is 15.6 Å². The zero-order valence-electron chi connectivity index (χ0n) is 14.9. The Balaban J connectivity index is 1.99. The second kappa shape index (κ2) is 6.63. The number of ketones is 1. The lowest BCUT2D eigenvalue weighted by atomic mass is 9.74. The fraction of sp³-hybridized carbons (Fsp3) is 0.368. The predicted octanol–water partition coefficient (Wildman–Crippen LogP) is 3.66. The summed E-state index contributed by atoms with van der Waals surface area (Å²) in [7, 11) is -3.60. The fourth-order valence-electron chi connectivity index (χ4n) is 3.17. The molecule has 1 aromatic carbocycles. The molecular weight excluding hydrogens is 372 g/mol. The molecule has 0 atom stereocenters. The topological polar surface area (TPSA) is 77.5 Å². The summed E-state index contributed by atoms with van der Waals surface area (Å²) in [6.45, 7) is 3.97. The van der Waals surface area contributed by atoms with Crippen molar-refractivity contribution in [3.63, 3.8) is 0 Å². The molecule has 0 radical (unpaired) electrons. The Morgan fingerprint density at radius 3 is 2.46 bits per heavy atom. The van der Waals surface area contributed by atoms with E-state index in [4.69, 9.17) is 4.74 Å². The molecule has 1 aliphatic rings. The zero-order chi connectivity index (χ0) is 19.1. The Morgan fingerprint density at radius 2 is 1.85 bits per heavy atom. The average molecular weight is 392 g/mol. The van der Waals surface area contributed by atoms with Crippen LogP contribution in [0.15, 0.2) is 34.5 Å². The largest absolute Gasteiger partial charge is 0.457 e. The van der Waals surface area contributed by atoms with Crippen LogP contribution in [-0.4, -0.2) is 26.4 Å². The molecule has 2 aromatic rings. The first-order valence-electron chi connectivity index (χ1n) is 8.18. The standard InChI is InChI=1S/C19H20O5S2/c1-19(2)9-13-15(14(20)10-19)18(26(3,22)23)25-16(13)17(21)24-11-12-7-5-4-6-8-12/h4-8H,9-11H2,1-3H3. The molecule has 0 fully saturated rings. The molecule has 0 amide bonds. The molecule has 0 saturated heterocycles. The normalized spacial score (nSPS) is 16.2. The Hall–Kier alpha value is -1.99. The number of Topliss-reactive ketones (excluding diaryl/α,β-unsaturated/α-hetero) is 1. The van der Waals surface area contributed by atoms with Crippen LogP contribution < -0.4 is 0 Å². The molecule has 3 rings (SSSR count). The van der Waals surface area contributed by atoms with Gasteiger partial charge in [0.1, 0.15) is 15.7 Å². The molecule has 0 N–H and O–H groups in total. The smallest absolute Gasteiger partial charge is 0.348 e. The number of benzene rings is 1. The van der Waals surface area contributed by atoms with Crippen molar-refractivity contribution in [3.8, 4) is 0 Å². The quantitative estimate of drug-likeness (QED) is 0.742. The summed E-state index contributed by atoms with van der Waals surface area (Å²) in [6, 6.07) is 9.24. The van der Waals surface area contributed by atoms with Crippen LogP contribution in [0.4, 0.5) is 0 Å². The van der Waals surface area contributed by atoms with Gasteiger partial charge in [-0.1, -0.05) is 44.2 Å². The molecule has 1 heterocycles. The number of fused-ring (bicyclic) bond motifs is 1. The van der Waals surface area contributed by atoms with Crippen LogP contribution in [0.25, 0.3) is 0 Å². The number of sulfone groups is 1. The fourth-order valence-corrected chi connectivity index (χ4v) is 5.60. The molecule has 0 saturated carbocycles. The lowest BCUT2D eigenvalue weighted by molar-refractivity contribution is 0.0476. The summed E-state index contributed by atoms with van der Waals surface area (Å²) < 4.78 is 29.6. The van der Waals surface area contributed by atoms with E-state index in [1.165, 1.54) is 0 Å². The highest BCUT2D eigenvalue weighted by molar-refractivity contribution is 7.92. The Bertz CT molecular complexity index is 969. The maximum atomic E-state index is 12.6. The number of hydrogen-bond acceptors (Lipinski definition) is 6. The third-order valence-corrected chi connectivity index (χ3v) is 7.33. The minimum absolute atomic E-state index is 0.0281. The number of carbonyl (C=O) groups is 2. The van der Waals surface area contributed by atoms with Crippen LogP contribution in [-0.2, 0) is 27.6 Å². The summed E-state index contributed by atoms with van der Waals surface area (Å²) in [5.74, 6) is -0.814. The van der Waals surface area contributed by atoms with Gasteiger partial charge in [0, 0.05) is 12.7 Å². The third kappa shape index (κ3) is 3.73. The molecule has 7 heteroatoms. The first kappa shape index (κ1) is 18.8. The second-order valence-corrected chi connectivity index (χ2v) is 10.6. The molecule has 0 spiro atoms. The van der Waals surface area contributed by atoms with E-state index < -0.39 is 15.8 Å². The second-order valence-electron chi connectivity index (χ2n) is 7.35. The number of ether oxygens (including phenoxy) is 1. The minimum atomic E-state index is -3.60. The van der Waals surface area contributed by atoms with Gasteiger partial charge in [-0.2, -0.15) is 0 Å². The van der Waals surface area contributed by atoms with Crippen molar-refractivity contribution in [2.24, 2.45) is 5.41 Å². The van der Waals surface area contributed by atoms with Gasteiger partial charge in [-0.3, -0.25) is 4.79 Å². The van der Waals surface area contributed by atoms with Crippen molar-refractivity contribution in [2.45, 2.75) is 37.5 Å².